The van der Waals surface area contributed by atoms with Gasteiger partial charge in [0.1, 0.15) is 6.10 Å². The lowest BCUT2D eigenvalue weighted by Gasteiger charge is -2.66. The van der Waals surface area contributed by atoms with Crippen LogP contribution in [-0.4, -0.2) is 69.8 Å². The van der Waals surface area contributed by atoms with Crippen molar-refractivity contribution in [2.24, 2.45) is 11.8 Å². The summed E-state index contributed by atoms with van der Waals surface area (Å²) in [5.74, 6) is 6.98. The van der Waals surface area contributed by atoms with Crippen molar-refractivity contribution in [1.82, 2.24) is 9.80 Å². The van der Waals surface area contributed by atoms with Gasteiger partial charge in [-0.2, -0.15) is 0 Å². The van der Waals surface area contributed by atoms with Gasteiger partial charge in [0.15, 0.2) is 11.5 Å². The van der Waals surface area contributed by atoms with E-state index in [1.54, 1.807) is 11.0 Å². The van der Waals surface area contributed by atoms with Gasteiger partial charge < -0.3 is 19.8 Å². The first-order valence-corrected chi connectivity index (χ1v) is 14.5. The number of hydrogen-bond donors (Lipinski definition) is 2. The number of amides is 1. The van der Waals surface area contributed by atoms with Crippen molar-refractivity contribution in [1.29, 1.82) is 0 Å². The number of rotatable bonds is 3. The molecule has 39 heavy (non-hydrogen) atoms. The van der Waals surface area contributed by atoms with E-state index in [1.165, 1.54) is 18.4 Å². The van der Waals surface area contributed by atoms with Gasteiger partial charge >= 0.3 is 0 Å². The molecule has 0 unspecified atom stereocenters. The van der Waals surface area contributed by atoms with Gasteiger partial charge in [-0.25, -0.2) is 0 Å². The van der Waals surface area contributed by atoms with E-state index in [1.807, 2.05) is 38.2 Å². The Bertz CT molecular complexity index is 1440. The van der Waals surface area contributed by atoms with Crippen molar-refractivity contribution in [3.8, 4) is 23.3 Å². The summed E-state index contributed by atoms with van der Waals surface area (Å²) in [6.45, 7) is 8.18. The van der Waals surface area contributed by atoms with E-state index < -0.39 is 17.1 Å². The average molecular weight is 527 g/mol. The van der Waals surface area contributed by atoms with E-state index in [9.17, 15) is 15.0 Å². The molecule has 1 saturated heterocycles. The molecule has 0 aromatic heterocycles. The highest BCUT2D eigenvalue weighted by Gasteiger charge is 2.75. The number of aryl methyl sites for hydroxylation is 2. The molecule has 2 aromatic rings. The number of carbonyl (C=O) groups excluding carboxylic acids is 1. The Morgan fingerprint density at radius 3 is 2.74 bits per heavy atom. The molecule has 7 rings (SSSR count). The molecule has 6 nitrogen and oxygen atoms in total. The Balaban J connectivity index is 1.27. The fraction of sp³-hybridized carbons (Fsp3) is 0.545. The molecule has 0 radical (unpaired) electrons. The number of aromatic hydroxyl groups is 1. The molecule has 3 fully saturated rings. The van der Waals surface area contributed by atoms with E-state index in [0.29, 0.717) is 12.2 Å². The molecule has 2 heterocycles. The molecule has 2 aliphatic heterocycles. The van der Waals surface area contributed by atoms with Gasteiger partial charge in [0.25, 0.3) is 5.91 Å². The van der Waals surface area contributed by atoms with Crippen LogP contribution in [0.25, 0.3) is 0 Å². The zero-order chi connectivity index (χ0) is 27.3. The summed E-state index contributed by atoms with van der Waals surface area (Å²) in [5.41, 5.74) is 3.64. The largest absolute Gasteiger partial charge is 0.504 e. The number of phenolic OH excluding ortho intramolecular Hbond substituents is 1. The number of likely N-dealkylation sites (tertiary alicyclic amines) is 1. The van der Waals surface area contributed by atoms with E-state index in [-0.39, 0.29) is 29.7 Å². The smallest absolute Gasteiger partial charge is 0.298 e. The van der Waals surface area contributed by atoms with Crippen molar-refractivity contribution in [2.45, 2.75) is 82.1 Å². The fourth-order valence-corrected chi connectivity index (χ4v) is 8.44. The minimum absolute atomic E-state index is 0.00229. The highest BCUT2D eigenvalue weighted by molar-refractivity contribution is 5.94. The lowest BCUT2D eigenvalue weighted by atomic mass is 9.45. The highest BCUT2D eigenvalue weighted by Crippen LogP contribution is 2.67. The number of hydrogen-bond acceptors (Lipinski definition) is 5. The van der Waals surface area contributed by atoms with Gasteiger partial charge in [-0.05, 0) is 99.2 Å². The van der Waals surface area contributed by atoms with Crippen LogP contribution >= 0.6 is 0 Å². The summed E-state index contributed by atoms with van der Waals surface area (Å²) in [7, 11) is 1.81. The monoisotopic (exact) mass is 526 g/mol. The molecular formula is C33H38N2O4. The second kappa shape index (κ2) is 8.49. The van der Waals surface area contributed by atoms with E-state index >= 15 is 0 Å². The number of likely N-dealkylation sites (N-methyl/N-ethyl adjacent to an activating group) is 1. The molecular weight excluding hydrogens is 488 g/mol. The summed E-state index contributed by atoms with van der Waals surface area (Å²) < 4.78 is 6.66. The molecule has 2 saturated carbocycles. The van der Waals surface area contributed by atoms with Crippen molar-refractivity contribution in [3.63, 3.8) is 0 Å². The number of aliphatic hydroxyl groups is 1. The molecule has 6 heteroatoms. The van der Waals surface area contributed by atoms with Crippen LogP contribution in [0.2, 0.25) is 0 Å². The van der Waals surface area contributed by atoms with E-state index in [2.05, 4.69) is 30.6 Å². The number of carbonyl (C=O) groups is 1. The second-order valence-corrected chi connectivity index (χ2v) is 12.9. The van der Waals surface area contributed by atoms with Crippen molar-refractivity contribution in [2.75, 3.05) is 20.1 Å². The minimum atomic E-state index is -0.998. The van der Waals surface area contributed by atoms with Crippen LogP contribution in [0.1, 0.15) is 60.4 Å². The van der Waals surface area contributed by atoms with Crippen molar-refractivity contribution in [3.05, 3.63) is 58.1 Å². The van der Waals surface area contributed by atoms with Crippen LogP contribution < -0.4 is 4.74 Å². The molecule has 2 N–H and O–H groups in total. The first-order valence-electron chi connectivity index (χ1n) is 14.5. The van der Waals surface area contributed by atoms with Crippen molar-refractivity contribution >= 4 is 5.91 Å². The van der Waals surface area contributed by atoms with Gasteiger partial charge in [0, 0.05) is 36.7 Å². The topological polar surface area (TPSA) is 73.2 Å². The number of piperidine rings is 1. The Morgan fingerprint density at radius 2 is 2.00 bits per heavy atom. The first-order chi connectivity index (χ1) is 18.6. The van der Waals surface area contributed by atoms with Crippen LogP contribution in [0.15, 0.2) is 30.3 Å². The summed E-state index contributed by atoms with van der Waals surface area (Å²) in [6.07, 6.45) is 4.24. The Labute approximate surface area is 231 Å². The quantitative estimate of drug-likeness (QED) is 0.597. The van der Waals surface area contributed by atoms with E-state index in [4.69, 9.17) is 4.74 Å². The standard InChI is InChI=1S/C33H38N2O4/c1-19-5-6-22(15-20(19)2)9-12-28(37)34(4)25-16-21(3)33(38)27-17-24-10-11-26(36)30-29(24)32(33,31(25)39-30)13-14-35(27)18-23-7-8-23/h5-6,10-11,15,21,23,25,27,31,36,38H,7-8,13-14,16-18H2,1-4H3/t21-,25-,27+,31+,32-,33+/m0/s1. The second-order valence-electron chi connectivity index (χ2n) is 12.9. The van der Waals surface area contributed by atoms with Gasteiger partial charge in [0.2, 0.25) is 0 Å². The Morgan fingerprint density at radius 1 is 1.21 bits per heavy atom. The molecule has 3 aliphatic carbocycles. The maximum atomic E-state index is 13.5. The zero-order valence-electron chi connectivity index (χ0n) is 23.3. The fourth-order valence-electron chi connectivity index (χ4n) is 8.44. The Kier molecular flexibility index (Phi) is 5.44. The molecule has 2 aromatic carbocycles. The summed E-state index contributed by atoms with van der Waals surface area (Å²) in [4.78, 5) is 17.7. The molecule has 204 valence electrons. The maximum Gasteiger partial charge on any atom is 0.298 e. The van der Waals surface area contributed by atoms with Crippen molar-refractivity contribution < 1.29 is 19.7 Å². The third-order valence-electron chi connectivity index (χ3n) is 10.8. The lowest BCUT2D eigenvalue weighted by molar-refractivity contribution is -0.224. The minimum Gasteiger partial charge on any atom is -0.504 e. The normalized spacial score (nSPS) is 34.0. The molecule has 1 spiro atoms. The third-order valence-corrected chi connectivity index (χ3v) is 10.8. The number of benzene rings is 2. The first kappa shape index (κ1) is 25.0. The van der Waals surface area contributed by atoms with Crippen LogP contribution in [0.3, 0.4) is 0 Å². The summed E-state index contributed by atoms with van der Waals surface area (Å²) in [5, 5.41) is 23.8. The number of phenols is 1. The van der Waals surface area contributed by atoms with Crippen LogP contribution in [-0.2, 0) is 16.6 Å². The molecule has 5 aliphatic rings. The summed E-state index contributed by atoms with van der Waals surface area (Å²) >= 11 is 0. The maximum absolute atomic E-state index is 13.5. The van der Waals surface area contributed by atoms with Crippen LogP contribution in [0, 0.1) is 37.5 Å². The predicted molar refractivity (Wildman–Crippen MR) is 149 cm³/mol. The SMILES string of the molecule is Cc1ccc(C#CC(=O)N(C)[C@H]2C[C@H](C)[C@@]3(O)[C@H]4Cc5ccc(O)c6c5[C@@]3(CCN4CC3CC3)[C@@H]2O6)cc1C. The summed E-state index contributed by atoms with van der Waals surface area (Å²) in [6, 6.07) is 9.47. The molecule has 1 amide bonds. The van der Waals surface area contributed by atoms with E-state index in [0.717, 1.165) is 54.1 Å². The van der Waals surface area contributed by atoms with Gasteiger partial charge in [-0.3, -0.25) is 9.69 Å². The van der Waals surface area contributed by atoms with Gasteiger partial charge in [-0.15, -0.1) is 0 Å². The number of ether oxygens (including phenoxy) is 1. The van der Waals surface area contributed by atoms with Crippen LogP contribution in [0.5, 0.6) is 11.5 Å². The Hall–Kier alpha value is -3.01. The molecule has 6 atom stereocenters. The third kappa shape index (κ3) is 3.39. The van der Waals surface area contributed by atoms with Gasteiger partial charge in [0.05, 0.1) is 17.1 Å². The average Bonchev–Trinajstić information content (AvgIpc) is 3.66. The highest BCUT2D eigenvalue weighted by atomic mass is 16.5. The lowest BCUT2D eigenvalue weighted by Crippen LogP contribution is -2.80. The predicted octanol–water partition coefficient (Wildman–Crippen LogP) is 3.70. The van der Waals surface area contributed by atoms with Gasteiger partial charge in [-0.1, -0.05) is 25.0 Å². The zero-order valence-corrected chi connectivity index (χ0v) is 23.3. The number of nitrogens with zero attached hydrogens (tertiary/aromatic N) is 2. The van der Waals surface area contributed by atoms with Crippen LogP contribution in [0.4, 0.5) is 0 Å². The molecule has 2 bridgehead atoms.